The van der Waals surface area contributed by atoms with Crippen molar-refractivity contribution in [1.82, 2.24) is 9.62 Å². The molecule has 0 spiro atoms. The summed E-state index contributed by atoms with van der Waals surface area (Å²) in [5.41, 5.74) is 2.58. The highest BCUT2D eigenvalue weighted by atomic mass is 32.2. The molecule has 1 saturated heterocycles. The first-order valence-corrected chi connectivity index (χ1v) is 11.0. The van der Waals surface area contributed by atoms with E-state index in [4.69, 9.17) is 4.99 Å². The van der Waals surface area contributed by atoms with E-state index in [1.54, 1.807) is 0 Å². The van der Waals surface area contributed by atoms with Gasteiger partial charge in [-0.1, -0.05) is 41.5 Å². The summed E-state index contributed by atoms with van der Waals surface area (Å²) >= 11 is 0. The molecule has 2 atom stereocenters. The van der Waals surface area contributed by atoms with Crippen molar-refractivity contribution in [3.63, 3.8) is 0 Å². The molecule has 2 heterocycles. The van der Waals surface area contributed by atoms with Gasteiger partial charge in [0, 0.05) is 30.1 Å². The van der Waals surface area contributed by atoms with Crippen LogP contribution in [-0.2, 0) is 10.0 Å². The second-order valence-electron chi connectivity index (χ2n) is 9.86. The molecule has 2 fully saturated rings. The van der Waals surface area contributed by atoms with E-state index in [1.807, 2.05) is 0 Å². The van der Waals surface area contributed by atoms with Gasteiger partial charge in [-0.2, -0.15) is 0 Å². The lowest BCUT2D eigenvalue weighted by Crippen LogP contribution is -2.45. The van der Waals surface area contributed by atoms with Crippen LogP contribution in [-0.4, -0.2) is 43.0 Å². The van der Waals surface area contributed by atoms with Crippen LogP contribution in [0.5, 0.6) is 0 Å². The van der Waals surface area contributed by atoms with E-state index in [1.165, 1.54) is 11.3 Å². The summed E-state index contributed by atoms with van der Waals surface area (Å²) in [6.07, 6.45) is 2.36. The molecule has 1 aliphatic carbocycles. The van der Waals surface area contributed by atoms with Gasteiger partial charge in [-0.05, 0) is 30.8 Å². The molecule has 0 aromatic rings. The number of rotatable bonds is 3. The molecule has 0 unspecified atom stereocenters. The maximum absolute atomic E-state index is 12.4. The third-order valence-electron chi connectivity index (χ3n) is 5.24. The van der Waals surface area contributed by atoms with Gasteiger partial charge in [0.15, 0.2) is 0 Å². The first-order valence-electron chi connectivity index (χ1n) is 9.41. The molecule has 1 saturated carbocycles. The summed E-state index contributed by atoms with van der Waals surface area (Å²) in [6, 6.07) is 0.0788. The lowest BCUT2D eigenvalue weighted by molar-refractivity contribution is 0.393. The maximum Gasteiger partial charge on any atom is 0.214 e. The van der Waals surface area contributed by atoms with Crippen LogP contribution in [0, 0.1) is 10.8 Å². The van der Waals surface area contributed by atoms with Crippen LogP contribution < -0.4 is 4.72 Å². The summed E-state index contributed by atoms with van der Waals surface area (Å²) in [5, 5.41) is -0.170. The normalized spacial score (nSPS) is 28.3. The van der Waals surface area contributed by atoms with Crippen molar-refractivity contribution in [1.29, 1.82) is 0 Å². The molecule has 6 heteroatoms. The first kappa shape index (κ1) is 18.9. The molecular formula is C19H33N3O2S. The fourth-order valence-electron chi connectivity index (χ4n) is 4.21. The second kappa shape index (κ2) is 5.81. The number of fused-ring (bicyclic) bond motifs is 1. The summed E-state index contributed by atoms with van der Waals surface area (Å²) in [7, 11) is -3.17. The second-order valence-corrected chi connectivity index (χ2v) is 11.9. The van der Waals surface area contributed by atoms with Gasteiger partial charge >= 0.3 is 0 Å². The van der Waals surface area contributed by atoms with Crippen molar-refractivity contribution in [3.8, 4) is 0 Å². The van der Waals surface area contributed by atoms with E-state index >= 15 is 0 Å². The number of hydrogen-bond acceptors (Lipinski definition) is 4. The summed E-state index contributed by atoms with van der Waals surface area (Å²) in [4.78, 5) is 7.32. The van der Waals surface area contributed by atoms with Crippen molar-refractivity contribution >= 4 is 15.9 Å². The van der Waals surface area contributed by atoms with Crippen LogP contribution >= 0.6 is 0 Å². The van der Waals surface area contributed by atoms with E-state index in [2.05, 4.69) is 58.1 Å². The van der Waals surface area contributed by atoms with Gasteiger partial charge in [0.25, 0.3) is 0 Å². The predicted molar refractivity (Wildman–Crippen MR) is 103 cm³/mol. The molecule has 142 valence electrons. The van der Waals surface area contributed by atoms with Crippen LogP contribution in [0.3, 0.4) is 0 Å². The van der Waals surface area contributed by atoms with Gasteiger partial charge in [0.2, 0.25) is 10.0 Å². The highest BCUT2D eigenvalue weighted by molar-refractivity contribution is 7.90. The number of amidine groups is 1. The van der Waals surface area contributed by atoms with Crippen molar-refractivity contribution in [2.24, 2.45) is 15.8 Å². The highest BCUT2D eigenvalue weighted by Gasteiger charge is 2.45. The third kappa shape index (κ3) is 3.65. The van der Waals surface area contributed by atoms with Crippen LogP contribution in [0.4, 0.5) is 0 Å². The average Bonchev–Trinajstić information content (AvgIpc) is 3.18. The van der Waals surface area contributed by atoms with E-state index in [0.717, 1.165) is 25.1 Å². The molecule has 0 amide bonds. The molecule has 0 radical (unpaired) electrons. The molecular weight excluding hydrogens is 334 g/mol. The molecule has 5 nitrogen and oxygen atoms in total. The molecule has 0 bridgehead atoms. The van der Waals surface area contributed by atoms with Gasteiger partial charge < -0.3 is 4.90 Å². The zero-order valence-electron chi connectivity index (χ0n) is 16.7. The third-order valence-corrected chi connectivity index (χ3v) is 7.25. The Bertz CT molecular complexity index is 719. The van der Waals surface area contributed by atoms with Crippen molar-refractivity contribution < 1.29 is 8.42 Å². The van der Waals surface area contributed by atoms with Crippen LogP contribution in [0.2, 0.25) is 0 Å². The van der Waals surface area contributed by atoms with E-state index in [0.29, 0.717) is 6.54 Å². The van der Waals surface area contributed by atoms with Crippen LogP contribution in [0.15, 0.2) is 16.3 Å². The average molecular weight is 368 g/mol. The van der Waals surface area contributed by atoms with Gasteiger partial charge in [0.05, 0.1) is 11.3 Å². The topological polar surface area (TPSA) is 61.8 Å². The molecule has 2 aliphatic heterocycles. The fraction of sp³-hybridized carbons (Fsp3) is 0.842. The minimum atomic E-state index is -3.17. The van der Waals surface area contributed by atoms with E-state index in [9.17, 15) is 8.42 Å². The van der Waals surface area contributed by atoms with Gasteiger partial charge in [-0.15, -0.1) is 0 Å². The van der Waals surface area contributed by atoms with Crippen LogP contribution in [0.25, 0.3) is 0 Å². The van der Waals surface area contributed by atoms with Crippen molar-refractivity contribution in [3.05, 3.63) is 11.3 Å². The zero-order chi connectivity index (χ0) is 18.8. The Morgan fingerprint density at radius 2 is 1.68 bits per heavy atom. The van der Waals surface area contributed by atoms with Gasteiger partial charge in [-0.25, -0.2) is 13.1 Å². The SMILES string of the molecule is C[C@@H]1N=C(C(C)(C)C)N2C[C@H](NS(=O)(=O)C3CC3)CC2=C1C(C)(C)C. The molecule has 1 N–H and O–H groups in total. The smallest absolute Gasteiger partial charge is 0.214 e. The summed E-state index contributed by atoms with van der Waals surface area (Å²) in [6.45, 7) is 16.1. The lowest BCUT2D eigenvalue weighted by Gasteiger charge is -2.41. The minimum absolute atomic E-state index is 0.0180. The Morgan fingerprint density at radius 1 is 1.08 bits per heavy atom. The Kier molecular flexibility index (Phi) is 4.39. The fourth-order valence-corrected chi connectivity index (χ4v) is 5.78. The van der Waals surface area contributed by atoms with E-state index in [-0.39, 0.29) is 28.2 Å². The molecule has 0 aromatic carbocycles. The van der Waals surface area contributed by atoms with Crippen molar-refractivity contribution in [2.75, 3.05) is 6.54 Å². The molecule has 3 aliphatic rings. The summed E-state index contributed by atoms with van der Waals surface area (Å²) < 4.78 is 27.8. The number of nitrogens with zero attached hydrogens (tertiary/aromatic N) is 2. The molecule has 25 heavy (non-hydrogen) atoms. The number of aliphatic imine (C=N–C) groups is 1. The number of sulfonamides is 1. The summed E-state index contributed by atoms with van der Waals surface area (Å²) in [5.74, 6) is 1.08. The quantitative estimate of drug-likeness (QED) is 0.832. The Hall–Kier alpha value is -0.880. The Balaban J connectivity index is 1.96. The maximum atomic E-state index is 12.4. The van der Waals surface area contributed by atoms with Gasteiger partial charge in [0.1, 0.15) is 5.84 Å². The Labute approximate surface area is 153 Å². The van der Waals surface area contributed by atoms with Crippen molar-refractivity contribution in [2.45, 2.75) is 85.1 Å². The molecule has 3 rings (SSSR count). The first-order chi connectivity index (χ1) is 11.3. The monoisotopic (exact) mass is 367 g/mol. The zero-order valence-corrected chi connectivity index (χ0v) is 17.5. The van der Waals surface area contributed by atoms with Crippen LogP contribution in [0.1, 0.15) is 67.7 Å². The van der Waals surface area contributed by atoms with E-state index < -0.39 is 10.0 Å². The largest absolute Gasteiger partial charge is 0.332 e. The number of hydrogen-bond donors (Lipinski definition) is 1. The van der Waals surface area contributed by atoms with Gasteiger partial charge in [-0.3, -0.25) is 4.99 Å². The lowest BCUT2D eigenvalue weighted by atomic mass is 9.79. The highest BCUT2D eigenvalue weighted by Crippen LogP contribution is 2.43. The minimum Gasteiger partial charge on any atom is -0.332 e. The number of nitrogens with one attached hydrogen (secondary N) is 1. The molecule has 0 aromatic heterocycles. The standard InChI is InChI=1S/C19H33N3O2S/c1-12-16(18(2,3)4)15-10-13(21-25(23,24)14-8-9-14)11-22(15)17(20-12)19(5,6)7/h12-14,21H,8-11H2,1-7H3/t12-,13+/m0/s1. The Morgan fingerprint density at radius 3 is 2.16 bits per heavy atom. The predicted octanol–water partition coefficient (Wildman–Crippen LogP) is 3.29.